The minimum absolute atomic E-state index is 0.443. The van der Waals surface area contributed by atoms with E-state index in [0.717, 1.165) is 24.3 Å². The molecule has 2 heterocycles. The summed E-state index contributed by atoms with van der Waals surface area (Å²) in [6.45, 7) is 2.79. The van der Waals surface area contributed by atoms with Gasteiger partial charge in [-0.2, -0.15) is 4.98 Å². The van der Waals surface area contributed by atoms with E-state index in [2.05, 4.69) is 16.9 Å². The van der Waals surface area contributed by atoms with Crippen LogP contribution in [0.2, 0.25) is 0 Å². The third kappa shape index (κ3) is 2.15. The quantitative estimate of drug-likeness (QED) is 0.825. The van der Waals surface area contributed by atoms with Crippen molar-refractivity contribution < 1.29 is 4.42 Å². The van der Waals surface area contributed by atoms with Crippen LogP contribution in [0, 0.1) is 5.92 Å². The SMILES string of the molecule is CCC(CN)Cc1nc2ncccc2o1. The summed E-state index contributed by atoms with van der Waals surface area (Å²) in [6, 6.07) is 3.72. The predicted molar refractivity (Wildman–Crippen MR) is 58.3 cm³/mol. The zero-order chi connectivity index (χ0) is 10.7. The lowest BCUT2D eigenvalue weighted by molar-refractivity contribution is 0.438. The van der Waals surface area contributed by atoms with E-state index in [1.54, 1.807) is 6.20 Å². The molecule has 0 fully saturated rings. The highest BCUT2D eigenvalue weighted by Crippen LogP contribution is 2.16. The van der Waals surface area contributed by atoms with Gasteiger partial charge >= 0.3 is 0 Å². The van der Waals surface area contributed by atoms with Crippen LogP contribution in [-0.2, 0) is 6.42 Å². The Morgan fingerprint density at radius 3 is 3.07 bits per heavy atom. The first-order chi connectivity index (χ1) is 7.33. The van der Waals surface area contributed by atoms with Gasteiger partial charge in [0, 0.05) is 12.6 Å². The van der Waals surface area contributed by atoms with Gasteiger partial charge in [0.1, 0.15) is 0 Å². The van der Waals surface area contributed by atoms with E-state index < -0.39 is 0 Å². The third-order valence-electron chi connectivity index (χ3n) is 2.58. The van der Waals surface area contributed by atoms with Gasteiger partial charge in [0.2, 0.25) is 0 Å². The number of nitrogens with two attached hydrogens (primary N) is 1. The van der Waals surface area contributed by atoms with Gasteiger partial charge in [-0.1, -0.05) is 13.3 Å². The first kappa shape index (κ1) is 10.1. The summed E-state index contributed by atoms with van der Waals surface area (Å²) in [5, 5.41) is 0. The van der Waals surface area contributed by atoms with E-state index in [-0.39, 0.29) is 0 Å². The van der Waals surface area contributed by atoms with Crippen molar-refractivity contribution in [1.29, 1.82) is 0 Å². The number of nitrogens with zero attached hydrogens (tertiary/aromatic N) is 2. The number of hydrogen-bond acceptors (Lipinski definition) is 4. The number of hydrogen-bond donors (Lipinski definition) is 1. The van der Waals surface area contributed by atoms with Crippen molar-refractivity contribution in [1.82, 2.24) is 9.97 Å². The molecule has 2 aromatic rings. The Labute approximate surface area is 88.5 Å². The zero-order valence-corrected chi connectivity index (χ0v) is 8.81. The number of oxazole rings is 1. The van der Waals surface area contributed by atoms with Crippen LogP contribution in [0.1, 0.15) is 19.2 Å². The topological polar surface area (TPSA) is 64.9 Å². The average molecular weight is 205 g/mol. The summed E-state index contributed by atoms with van der Waals surface area (Å²) in [5.41, 5.74) is 7.07. The summed E-state index contributed by atoms with van der Waals surface area (Å²) in [7, 11) is 0. The van der Waals surface area contributed by atoms with Gasteiger partial charge in [-0.3, -0.25) is 0 Å². The van der Waals surface area contributed by atoms with Crippen LogP contribution in [0.3, 0.4) is 0 Å². The molecule has 0 amide bonds. The highest BCUT2D eigenvalue weighted by molar-refractivity contribution is 5.66. The molecule has 1 unspecified atom stereocenters. The summed E-state index contributed by atoms with van der Waals surface area (Å²) in [6.07, 6.45) is 3.56. The van der Waals surface area contributed by atoms with Gasteiger partial charge in [0.15, 0.2) is 17.1 Å². The number of pyridine rings is 1. The van der Waals surface area contributed by atoms with Crippen LogP contribution < -0.4 is 5.73 Å². The molecule has 0 radical (unpaired) electrons. The molecule has 0 aliphatic rings. The standard InChI is InChI=1S/C11H15N3O/c1-2-8(7-12)6-10-14-11-9(15-10)4-3-5-13-11/h3-5,8H,2,6-7,12H2,1H3. The maximum Gasteiger partial charge on any atom is 0.198 e. The fraction of sp³-hybridized carbons (Fsp3) is 0.455. The van der Waals surface area contributed by atoms with Gasteiger partial charge in [-0.05, 0) is 24.6 Å². The lowest BCUT2D eigenvalue weighted by Gasteiger charge is -2.07. The molecule has 0 aliphatic heterocycles. The van der Waals surface area contributed by atoms with E-state index >= 15 is 0 Å². The molecule has 0 saturated carbocycles. The molecule has 0 bridgehead atoms. The molecule has 0 spiro atoms. The lowest BCUT2D eigenvalue weighted by atomic mass is 10.0. The number of rotatable bonds is 4. The smallest absolute Gasteiger partial charge is 0.198 e. The molecule has 2 aromatic heterocycles. The summed E-state index contributed by atoms with van der Waals surface area (Å²) in [4.78, 5) is 8.44. The molecule has 2 N–H and O–H groups in total. The Hall–Kier alpha value is -1.42. The molecule has 4 heteroatoms. The second-order valence-electron chi connectivity index (χ2n) is 3.65. The van der Waals surface area contributed by atoms with Crippen molar-refractivity contribution in [2.75, 3.05) is 6.54 Å². The molecule has 2 rings (SSSR count). The Balaban J connectivity index is 2.21. The monoisotopic (exact) mass is 205 g/mol. The maximum absolute atomic E-state index is 5.64. The van der Waals surface area contributed by atoms with Crippen molar-refractivity contribution in [3.05, 3.63) is 24.2 Å². The van der Waals surface area contributed by atoms with Crippen molar-refractivity contribution in [2.24, 2.45) is 11.7 Å². The Morgan fingerprint density at radius 1 is 1.53 bits per heavy atom. The number of fused-ring (bicyclic) bond motifs is 1. The van der Waals surface area contributed by atoms with Crippen LogP contribution in [0.5, 0.6) is 0 Å². The van der Waals surface area contributed by atoms with Crippen molar-refractivity contribution >= 4 is 11.2 Å². The molecular weight excluding hydrogens is 190 g/mol. The van der Waals surface area contributed by atoms with E-state index in [9.17, 15) is 0 Å². The van der Waals surface area contributed by atoms with Crippen LogP contribution >= 0.6 is 0 Å². The summed E-state index contributed by atoms with van der Waals surface area (Å²) in [5.74, 6) is 1.18. The molecular formula is C11H15N3O. The fourth-order valence-electron chi connectivity index (χ4n) is 1.54. The predicted octanol–water partition coefficient (Wildman–Crippen LogP) is 1.75. The fourth-order valence-corrected chi connectivity index (χ4v) is 1.54. The molecule has 0 aliphatic carbocycles. The Morgan fingerprint density at radius 2 is 2.40 bits per heavy atom. The minimum atomic E-state index is 0.443. The first-order valence-corrected chi connectivity index (χ1v) is 5.24. The molecule has 0 saturated heterocycles. The van der Waals surface area contributed by atoms with Crippen LogP contribution in [-0.4, -0.2) is 16.5 Å². The van der Waals surface area contributed by atoms with Gasteiger partial charge < -0.3 is 10.2 Å². The molecule has 4 nitrogen and oxygen atoms in total. The molecule has 1 atom stereocenters. The average Bonchev–Trinajstić information content (AvgIpc) is 2.68. The van der Waals surface area contributed by atoms with Gasteiger partial charge in [0.05, 0.1) is 0 Å². The van der Waals surface area contributed by atoms with E-state index in [1.165, 1.54) is 0 Å². The normalized spacial score (nSPS) is 13.2. The highest BCUT2D eigenvalue weighted by atomic mass is 16.3. The van der Waals surface area contributed by atoms with Gasteiger partial charge in [-0.15, -0.1) is 0 Å². The molecule has 15 heavy (non-hydrogen) atoms. The third-order valence-corrected chi connectivity index (χ3v) is 2.58. The highest BCUT2D eigenvalue weighted by Gasteiger charge is 2.11. The summed E-state index contributed by atoms with van der Waals surface area (Å²) < 4.78 is 5.57. The Kier molecular flexibility index (Phi) is 2.97. The second-order valence-corrected chi connectivity index (χ2v) is 3.65. The van der Waals surface area contributed by atoms with Crippen LogP contribution in [0.15, 0.2) is 22.7 Å². The lowest BCUT2D eigenvalue weighted by Crippen LogP contribution is -2.15. The van der Waals surface area contributed by atoms with E-state index in [0.29, 0.717) is 18.1 Å². The van der Waals surface area contributed by atoms with Crippen molar-refractivity contribution in [2.45, 2.75) is 19.8 Å². The van der Waals surface area contributed by atoms with Crippen LogP contribution in [0.25, 0.3) is 11.2 Å². The van der Waals surface area contributed by atoms with Crippen LogP contribution in [0.4, 0.5) is 0 Å². The largest absolute Gasteiger partial charge is 0.439 e. The zero-order valence-electron chi connectivity index (χ0n) is 8.81. The summed E-state index contributed by atoms with van der Waals surface area (Å²) >= 11 is 0. The molecule has 0 aromatic carbocycles. The number of aromatic nitrogens is 2. The van der Waals surface area contributed by atoms with Crippen molar-refractivity contribution in [3.8, 4) is 0 Å². The molecule has 80 valence electrons. The second kappa shape index (κ2) is 4.40. The van der Waals surface area contributed by atoms with Gasteiger partial charge in [0.25, 0.3) is 0 Å². The first-order valence-electron chi connectivity index (χ1n) is 5.24. The van der Waals surface area contributed by atoms with Gasteiger partial charge in [-0.25, -0.2) is 4.98 Å². The van der Waals surface area contributed by atoms with E-state index in [4.69, 9.17) is 10.2 Å². The minimum Gasteiger partial charge on any atom is -0.439 e. The van der Waals surface area contributed by atoms with E-state index in [1.807, 2.05) is 12.1 Å². The maximum atomic E-state index is 5.64. The van der Waals surface area contributed by atoms with Crippen molar-refractivity contribution in [3.63, 3.8) is 0 Å². The Bertz CT molecular complexity index is 401.